The normalized spacial score (nSPS) is 12.1. The molecule has 6 nitrogen and oxygen atoms in total. The zero-order valence-corrected chi connectivity index (χ0v) is 14.3. The minimum Gasteiger partial charge on any atom is -0.479 e. The molecule has 0 spiro atoms. The Morgan fingerprint density at radius 1 is 0.926 bits per heavy atom. The molecule has 0 aliphatic carbocycles. The van der Waals surface area contributed by atoms with E-state index in [4.69, 9.17) is 10.9 Å². The fourth-order valence-electron chi connectivity index (χ4n) is 3.53. The number of amidine groups is 1. The molecule has 0 aliphatic heterocycles. The average Bonchev–Trinajstić information content (AvgIpc) is 3.02. The molecule has 4 aromatic rings. The number of hydrogen-bond acceptors (Lipinski definition) is 3. The molecule has 1 aromatic heterocycles. The van der Waals surface area contributed by atoms with Crippen molar-refractivity contribution < 1.29 is 9.90 Å². The molecular weight excluding hydrogens is 340 g/mol. The molecule has 0 bridgehead atoms. The molecule has 0 radical (unpaired) electrons. The average molecular weight is 356 g/mol. The van der Waals surface area contributed by atoms with Gasteiger partial charge in [-0.1, -0.05) is 48.5 Å². The quantitative estimate of drug-likeness (QED) is 0.277. The van der Waals surface area contributed by atoms with Crippen LogP contribution in [0.2, 0.25) is 0 Å². The number of aromatic nitrogens is 1. The molecule has 0 saturated carbocycles. The van der Waals surface area contributed by atoms with E-state index in [-0.39, 0.29) is 5.84 Å². The number of nitrogens with one attached hydrogen (secondary N) is 2. The lowest BCUT2D eigenvalue weighted by molar-refractivity contribution is -0.139. The third kappa shape index (κ3) is 2.67. The zero-order valence-electron chi connectivity index (χ0n) is 14.3. The van der Waals surface area contributed by atoms with Crippen molar-refractivity contribution in [2.24, 2.45) is 5.11 Å². The van der Waals surface area contributed by atoms with Crippen LogP contribution in [0.3, 0.4) is 0 Å². The lowest BCUT2D eigenvalue weighted by atomic mass is 10.1. The third-order valence-corrected chi connectivity index (χ3v) is 4.70. The molecule has 1 atom stereocenters. The number of rotatable bonds is 4. The maximum atomic E-state index is 12.2. The molecule has 1 heterocycles. The lowest BCUT2D eigenvalue weighted by Crippen LogP contribution is -2.20. The summed E-state index contributed by atoms with van der Waals surface area (Å²) in [6.07, 6.45) is 0. The van der Waals surface area contributed by atoms with Gasteiger partial charge in [-0.2, -0.15) is 0 Å². The first-order valence-corrected chi connectivity index (χ1v) is 8.38. The molecule has 3 aromatic carbocycles. The highest BCUT2D eigenvalue weighted by molar-refractivity contribution is 6.11. The number of benzene rings is 3. The van der Waals surface area contributed by atoms with Gasteiger partial charge in [0.2, 0.25) is 0 Å². The van der Waals surface area contributed by atoms with E-state index in [2.05, 4.69) is 5.11 Å². The van der Waals surface area contributed by atoms with Gasteiger partial charge in [0.05, 0.1) is 11.0 Å². The molecule has 0 fully saturated rings. The number of carbonyl (C=O) groups is 1. The highest BCUT2D eigenvalue weighted by Gasteiger charge is 2.26. The van der Waals surface area contributed by atoms with E-state index in [1.165, 1.54) is 0 Å². The predicted molar refractivity (Wildman–Crippen MR) is 104 cm³/mol. The molecule has 132 valence electrons. The molecule has 1 unspecified atom stereocenters. The third-order valence-electron chi connectivity index (χ3n) is 4.70. The maximum absolute atomic E-state index is 12.2. The van der Waals surface area contributed by atoms with E-state index >= 15 is 0 Å². The van der Waals surface area contributed by atoms with Crippen LogP contribution in [0.15, 0.2) is 77.9 Å². The minimum absolute atomic E-state index is 0.133. The van der Waals surface area contributed by atoms with Crippen molar-refractivity contribution in [2.75, 3.05) is 0 Å². The van der Waals surface area contributed by atoms with Gasteiger partial charge in [0.25, 0.3) is 0 Å². The summed E-state index contributed by atoms with van der Waals surface area (Å²) in [4.78, 5) is 12.2. The van der Waals surface area contributed by atoms with Crippen molar-refractivity contribution in [1.29, 1.82) is 10.9 Å². The number of aliphatic carboxylic acids is 1. The first-order valence-electron chi connectivity index (χ1n) is 8.38. The van der Waals surface area contributed by atoms with Crippen LogP contribution in [0.4, 0.5) is 0 Å². The second-order valence-corrected chi connectivity index (χ2v) is 6.23. The van der Waals surface area contributed by atoms with Crippen LogP contribution in [0.5, 0.6) is 0 Å². The van der Waals surface area contributed by atoms with Crippen LogP contribution in [0.1, 0.15) is 17.2 Å². The van der Waals surface area contributed by atoms with Gasteiger partial charge in [0.15, 0.2) is 11.9 Å². The molecule has 0 amide bonds. The number of hydrogen-bond donors (Lipinski definition) is 3. The van der Waals surface area contributed by atoms with Crippen LogP contribution in [-0.2, 0) is 4.79 Å². The fourth-order valence-corrected chi connectivity index (χ4v) is 3.53. The first-order chi connectivity index (χ1) is 13.1. The Bertz CT molecular complexity index is 1190. The largest absolute Gasteiger partial charge is 0.479 e. The summed E-state index contributed by atoms with van der Waals surface area (Å²) in [5.41, 5.74) is 9.84. The molecule has 27 heavy (non-hydrogen) atoms. The second-order valence-electron chi connectivity index (χ2n) is 6.23. The summed E-state index contributed by atoms with van der Waals surface area (Å²) in [6, 6.07) is 21.1. The maximum Gasteiger partial charge on any atom is 0.331 e. The van der Waals surface area contributed by atoms with E-state index in [9.17, 15) is 9.90 Å². The van der Waals surface area contributed by atoms with Crippen LogP contribution in [0, 0.1) is 10.9 Å². The number of nitrogens with zero attached hydrogens (tertiary/aromatic N) is 2. The number of para-hydroxylation sites is 1. The Morgan fingerprint density at radius 3 is 2.30 bits per heavy atom. The molecule has 6 heteroatoms. The van der Waals surface area contributed by atoms with E-state index < -0.39 is 12.0 Å². The molecule has 0 saturated heterocycles. The summed E-state index contributed by atoms with van der Waals surface area (Å²) >= 11 is 0. The summed E-state index contributed by atoms with van der Waals surface area (Å²) < 4.78 is 1.81. The topological polar surface area (TPSA) is 102 Å². The highest BCUT2D eigenvalue weighted by atomic mass is 16.4. The Balaban J connectivity index is 2.08. The van der Waals surface area contributed by atoms with Gasteiger partial charge < -0.3 is 9.67 Å². The standard InChI is InChI=1S/C21H16N4O2/c22-20(24-23)14-10-11-18-16(12-14)15-8-4-5-9-17(15)25(18)19(21(26)27)13-6-2-1-3-7-13/h1-12,19,22-23H,(H,26,27). The SMILES string of the molecule is N=NC(=N)c1ccc2c(c1)c1ccccc1n2C(C(=O)O)c1ccccc1. The number of carboxylic acids is 1. The Kier molecular flexibility index (Phi) is 4.01. The zero-order chi connectivity index (χ0) is 19.0. The van der Waals surface area contributed by atoms with Gasteiger partial charge in [0, 0.05) is 16.3 Å². The summed E-state index contributed by atoms with van der Waals surface area (Å²) in [7, 11) is 0. The van der Waals surface area contributed by atoms with Crippen LogP contribution in [-0.4, -0.2) is 21.5 Å². The minimum atomic E-state index is -0.943. The van der Waals surface area contributed by atoms with Crippen molar-refractivity contribution in [3.8, 4) is 0 Å². The highest BCUT2D eigenvalue weighted by Crippen LogP contribution is 2.35. The van der Waals surface area contributed by atoms with Gasteiger partial charge >= 0.3 is 5.97 Å². The van der Waals surface area contributed by atoms with Crippen molar-refractivity contribution in [3.63, 3.8) is 0 Å². The smallest absolute Gasteiger partial charge is 0.331 e. The van der Waals surface area contributed by atoms with Crippen molar-refractivity contribution in [3.05, 3.63) is 83.9 Å². The van der Waals surface area contributed by atoms with Gasteiger partial charge in [0.1, 0.15) is 0 Å². The molecular formula is C21H16N4O2. The Labute approximate surface area is 154 Å². The van der Waals surface area contributed by atoms with E-state index in [1.807, 2.05) is 59.2 Å². The van der Waals surface area contributed by atoms with Gasteiger partial charge in [-0.15, -0.1) is 5.11 Å². The van der Waals surface area contributed by atoms with E-state index in [1.54, 1.807) is 18.2 Å². The predicted octanol–water partition coefficient (Wildman–Crippen LogP) is 4.82. The summed E-state index contributed by atoms with van der Waals surface area (Å²) in [6.45, 7) is 0. The summed E-state index contributed by atoms with van der Waals surface area (Å²) in [5.74, 6) is -1.08. The van der Waals surface area contributed by atoms with Crippen LogP contribution in [0.25, 0.3) is 21.8 Å². The second kappa shape index (κ2) is 6.49. The van der Waals surface area contributed by atoms with Gasteiger partial charge in [-0.25, -0.2) is 10.3 Å². The molecule has 4 rings (SSSR count). The fraction of sp³-hybridized carbons (Fsp3) is 0.0476. The Hall–Kier alpha value is -3.80. The summed E-state index contributed by atoms with van der Waals surface area (Å²) in [5, 5.41) is 22.7. The van der Waals surface area contributed by atoms with Gasteiger partial charge in [-0.3, -0.25) is 5.41 Å². The van der Waals surface area contributed by atoms with Gasteiger partial charge in [-0.05, 0) is 29.8 Å². The van der Waals surface area contributed by atoms with Crippen LogP contribution >= 0.6 is 0 Å². The molecule has 3 N–H and O–H groups in total. The van der Waals surface area contributed by atoms with Crippen molar-refractivity contribution in [1.82, 2.24) is 4.57 Å². The van der Waals surface area contributed by atoms with Crippen molar-refractivity contribution in [2.45, 2.75) is 6.04 Å². The first kappa shape index (κ1) is 16.7. The Morgan fingerprint density at radius 2 is 1.59 bits per heavy atom. The number of carboxylic acid groups (broad SMARTS) is 1. The van der Waals surface area contributed by atoms with Crippen LogP contribution < -0.4 is 0 Å². The van der Waals surface area contributed by atoms with E-state index in [0.29, 0.717) is 11.1 Å². The van der Waals surface area contributed by atoms with Crippen molar-refractivity contribution >= 4 is 33.6 Å². The lowest BCUT2D eigenvalue weighted by Gasteiger charge is -2.18. The number of fused-ring (bicyclic) bond motifs is 3. The van der Waals surface area contributed by atoms with E-state index in [0.717, 1.165) is 21.8 Å². The monoisotopic (exact) mass is 356 g/mol. The molecule has 0 aliphatic rings.